The lowest BCUT2D eigenvalue weighted by molar-refractivity contribution is 0.340. The van der Waals surface area contributed by atoms with E-state index >= 15 is 0 Å². The third-order valence-electron chi connectivity index (χ3n) is 2.45. The molecule has 2 aromatic carbocycles. The second kappa shape index (κ2) is 4.87. The summed E-state index contributed by atoms with van der Waals surface area (Å²) in [5.74, 6) is 0.417. The Hall–Kier alpha value is -2.03. The Bertz CT molecular complexity index is 525. The van der Waals surface area contributed by atoms with Crippen LogP contribution in [0.1, 0.15) is 6.92 Å². The number of hydrogen-bond acceptors (Lipinski definition) is 2. The largest absolute Gasteiger partial charge is 0.494 e. The van der Waals surface area contributed by atoms with Crippen LogP contribution in [0.4, 0.5) is 10.1 Å². The number of benzene rings is 2. The van der Waals surface area contributed by atoms with E-state index in [0.717, 1.165) is 11.3 Å². The van der Waals surface area contributed by atoms with Crippen LogP contribution in [0.2, 0.25) is 0 Å². The lowest BCUT2D eigenvalue weighted by Crippen LogP contribution is -1.92. The first kappa shape index (κ1) is 11.5. The van der Waals surface area contributed by atoms with Gasteiger partial charge in [-0.3, -0.25) is 0 Å². The van der Waals surface area contributed by atoms with Crippen LogP contribution in [0.25, 0.3) is 11.1 Å². The van der Waals surface area contributed by atoms with Crippen LogP contribution in [0, 0.1) is 5.82 Å². The lowest BCUT2D eigenvalue weighted by Gasteiger charge is -2.07. The van der Waals surface area contributed by atoms with E-state index in [1.807, 2.05) is 31.2 Å². The molecule has 2 nitrogen and oxygen atoms in total. The van der Waals surface area contributed by atoms with E-state index < -0.39 is 0 Å². The zero-order chi connectivity index (χ0) is 12.3. The van der Waals surface area contributed by atoms with E-state index in [-0.39, 0.29) is 5.82 Å². The SMILES string of the molecule is CCOc1cccc(-c2ccc(N)cc2F)c1. The summed E-state index contributed by atoms with van der Waals surface area (Å²) in [5.41, 5.74) is 7.26. The van der Waals surface area contributed by atoms with Gasteiger partial charge in [0.05, 0.1) is 6.61 Å². The van der Waals surface area contributed by atoms with Gasteiger partial charge in [0.1, 0.15) is 11.6 Å². The molecule has 2 aromatic rings. The van der Waals surface area contributed by atoms with Crippen LogP contribution in [0.3, 0.4) is 0 Å². The Morgan fingerprint density at radius 3 is 2.71 bits per heavy atom. The highest BCUT2D eigenvalue weighted by Gasteiger charge is 2.06. The van der Waals surface area contributed by atoms with Crippen LogP contribution < -0.4 is 10.5 Å². The van der Waals surface area contributed by atoms with Crippen LogP contribution in [0.15, 0.2) is 42.5 Å². The molecule has 17 heavy (non-hydrogen) atoms. The fourth-order valence-corrected chi connectivity index (χ4v) is 1.69. The number of nitrogens with two attached hydrogens (primary N) is 1. The topological polar surface area (TPSA) is 35.2 Å². The first-order valence-corrected chi connectivity index (χ1v) is 5.49. The van der Waals surface area contributed by atoms with Crippen molar-refractivity contribution in [2.24, 2.45) is 0 Å². The molecule has 0 aliphatic carbocycles. The predicted molar refractivity (Wildman–Crippen MR) is 67.4 cm³/mol. The van der Waals surface area contributed by atoms with Crippen molar-refractivity contribution in [1.82, 2.24) is 0 Å². The van der Waals surface area contributed by atoms with E-state index in [1.54, 1.807) is 12.1 Å². The molecule has 0 radical (unpaired) electrons. The summed E-state index contributed by atoms with van der Waals surface area (Å²) in [7, 11) is 0. The first-order valence-electron chi connectivity index (χ1n) is 5.49. The maximum absolute atomic E-state index is 13.7. The van der Waals surface area contributed by atoms with Gasteiger partial charge in [-0.05, 0) is 42.8 Å². The van der Waals surface area contributed by atoms with Gasteiger partial charge in [0.25, 0.3) is 0 Å². The Balaban J connectivity index is 2.42. The van der Waals surface area contributed by atoms with E-state index in [9.17, 15) is 4.39 Å². The molecule has 0 aliphatic rings. The average Bonchev–Trinajstić information content (AvgIpc) is 2.29. The van der Waals surface area contributed by atoms with Crippen molar-refractivity contribution in [2.45, 2.75) is 6.92 Å². The molecule has 0 fully saturated rings. The summed E-state index contributed by atoms with van der Waals surface area (Å²) in [6.45, 7) is 2.50. The maximum atomic E-state index is 13.7. The fraction of sp³-hybridized carbons (Fsp3) is 0.143. The van der Waals surface area contributed by atoms with Gasteiger partial charge in [0, 0.05) is 11.3 Å². The molecule has 2 rings (SSSR count). The Morgan fingerprint density at radius 2 is 2.00 bits per heavy atom. The van der Waals surface area contributed by atoms with Gasteiger partial charge >= 0.3 is 0 Å². The molecule has 0 heterocycles. The predicted octanol–water partition coefficient (Wildman–Crippen LogP) is 3.47. The summed E-state index contributed by atoms with van der Waals surface area (Å²) in [5, 5.41) is 0. The van der Waals surface area contributed by atoms with Gasteiger partial charge in [-0.1, -0.05) is 12.1 Å². The standard InChI is InChI=1S/C14H14FNO/c1-2-17-12-5-3-4-10(8-12)13-7-6-11(16)9-14(13)15/h3-9H,2,16H2,1H3. The zero-order valence-corrected chi connectivity index (χ0v) is 9.61. The van der Waals surface area contributed by atoms with Crippen molar-refractivity contribution in [3.63, 3.8) is 0 Å². The molecule has 0 saturated heterocycles. The third kappa shape index (κ3) is 2.56. The zero-order valence-electron chi connectivity index (χ0n) is 9.61. The lowest BCUT2D eigenvalue weighted by atomic mass is 10.0. The van der Waals surface area contributed by atoms with Crippen LogP contribution in [0.5, 0.6) is 5.75 Å². The molecule has 0 aromatic heterocycles. The van der Waals surface area contributed by atoms with Crippen molar-refractivity contribution in [1.29, 1.82) is 0 Å². The Labute approximate surface area is 99.8 Å². The van der Waals surface area contributed by atoms with Crippen LogP contribution >= 0.6 is 0 Å². The average molecular weight is 231 g/mol. The van der Waals surface area contributed by atoms with Gasteiger partial charge < -0.3 is 10.5 Å². The second-order valence-electron chi connectivity index (χ2n) is 3.70. The summed E-state index contributed by atoms with van der Waals surface area (Å²) in [6, 6.07) is 12.0. The third-order valence-corrected chi connectivity index (χ3v) is 2.45. The molecule has 0 bridgehead atoms. The summed E-state index contributed by atoms with van der Waals surface area (Å²) >= 11 is 0. The van der Waals surface area contributed by atoms with Crippen LogP contribution in [-0.2, 0) is 0 Å². The quantitative estimate of drug-likeness (QED) is 0.821. The second-order valence-corrected chi connectivity index (χ2v) is 3.70. The highest BCUT2D eigenvalue weighted by Crippen LogP contribution is 2.27. The van der Waals surface area contributed by atoms with Crippen LogP contribution in [-0.4, -0.2) is 6.61 Å². The Kier molecular flexibility index (Phi) is 3.28. The molecule has 88 valence electrons. The number of anilines is 1. The minimum absolute atomic E-state index is 0.321. The summed E-state index contributed by atoms with van der Waals surface area (Å²) in [6.07, 6.45) is 0. The van der Waals surface area contributed by atoms with Crippen molar-refractivity contribution >= 4 is 5.69 Å². The highest BCUT2D eigenvalue weighted by molar-refractivity contribution is 5.67. The van der Waals surface area contributed by atoms with Gasteiger partial charge in [0.2, 0.25) is 0 Å². The molecule has 0 atom stereocenters. The normalized spacial score (nSPS) is 10.2. The first-order chi connectivity index (χ1) is 8.20. The van der Waals surface area contributed by atoms with Gasteiger partial charge in [-0.2, -0.15) is 0 Å². The fourth-order valence-electron chi connectivity index (χ4n) is 1.69. The maximum Gasteiger partial charge on any atom is 0.133 e. The number of hydrogen-bond donors (Lipinski definition) is 1. The smallest absolute Gasteiger partial charge is 0.133 e. The van der Waals surface area contributed by atoms with E-state index in [0.29, 0.717) is 17.9 Å². The monoisotopic (exact) mass is 231 g/mol. The Morgan fingerprint density at radius 1 is 1.18 bits per heavy atom. The number of rotatable bonds is 3. The van der Waals surface area contributed by atoms with Crippen molar-refractivity contribution in [3.05, 3.63) is 48.3 Å². The van der Waals surface area contributed by atoms with Gasteiger partial charge in [-0.15, -0.1) is 0 Å². The molecule has 2 N–H and O–H groups in total. The van der Waals surface area contributed by atoms with Gasteiger partial charge in [-0.25, -0.2) is 4.39 Å². The van der Waals surface area contributed by atoms with Crippen molar-refractivity contribution in [2.75, 3.05) is 12.3 Å². The van der Waals surface area contributed by atoms with E-state index in [4.69, 9.17) is 10.5 Å². The molecule has 3 heteroatoms. The number of halogens is 1. The van der Waals surface area contributed by atoms with E-state index in [2.05, 4.69) is 0 Å². The number of nitrogen functional groups attached to an aromatic ring is 1. The van der Waals surface area contributed by atoms with E-state index in [1.165, 1.54) is 6.07 Å². The molecule has 0 aliphatic heterocycles. The molecule has 0 unspecified atom stereocenters. The minimum Gasteiger partial charge on any atom is -0.494 e. The minimum atomic E-state index is -0.321. The molecular weight excluding hydrogens is 217 g/mol. The highest BCUT2D eigenvalue weighted by atomic mass is 19.1. The number of ether oxygens (including phenoxy) is 1. The van der Waals surface area contributed by atoms with Crippen molar-refractivity contribution in [3.8, 4) is 16.9 Å². The summed E-state index contributed by atoms with van der Waals surface area (Å²) in [4.78, 5) is 0. The molecule has 0 saturated carbocycles. The molecule has 0 amide bonds. The molecular formula is C14H14FNO. The van der Waals surface area contributed by atoms with Gasteiger partial charge in [0.15, 0.2) is 0 Å². The van der Waals surface area contributed by atoms with Crippen molar-refractivity contribution < 1.29 is 9.13 Å². The molecule has 0 spiro atoms. The summed E-state index contributed by atoms with van der Waals surface area (Å²) < 4.78 is 19.1.